The largest absolute Gasteiger partial charge is 0.494 e. The minimum Gasteiger partial charge on any atom is -0.494 e. The number of ether oxygens (including phenoxy) is 1. The first-order chi connectivity index (χ1) is 13.2. The molecule has 27 heavy (non-hydrogen) atoms. The summed E-state index contributed by atoms with van der Waals surface area (Å²) in [6.45, 7) is 2.86. The number of anilines is 1. The number of benzene rings is 2. The molecule has 0 spiro atoms. The summed E-state index contributed by atoms with van der Waals surface area (Å²) < 4.78 is 5.63. The van der Waals surface area contributed by atoms with Crippen molar-refractivity contribution in [3.63, 3.8) is 0 Å². The molecular formula is C21H22N4O2. The highest BCUT2D eigenvalue weighted by Gasteiger charge is 2.03. The van der Waals surface area contributed by atoms with Crippen LogP contribution in [0.5, 0.6) is 5.75 Å². The highest BCUT2D eigenvalue weighted by atomic mass is 16.5. The highest BCUT2D eigenvalue weighted by Crippen LogP contribution is 2.15. The van der Waals surface area contributed by atoms with Crippen LogP contribution in [0.4, 0.5) is 5.95 Å². The summed E-state index contributed by atoms with van der Waals surface area (Å²) in [5.74, 6) is 1.13. The molecule has 6 nitrogen and oxygen atoms in total. The van der Waals surface area contributed by atoms with E-state index in [0.717, 1.165) is 36.3 Å². The fourth-order valence-electron chi connectivity index (χ4n) is 2.42. The molecule has 3 rings (SSSR count). The van der Waals surface area contributed by atoms with Crippen LogP contribution in [0.1, 0.15) is 25.3 Å². The monoisotopic (exact) mass is 362 g/mol. The van der Waals surface area contributed by atoms with Crippen LogP contribution in [0.15, 0.2) is 70.6 Å². The van der Waals surface area contributed by atoms with Crippen LogP contribution in [-0.2, 0) is 0 Å². The average Bonchev–Trinajstić information content (AvgIpc) is 2.70. The van der Waals surface area contributed by atoms with Crippen molar-refractivity contribution in [2.24, 2.45) is 5.10 Å². The Morgan fingerprint density at radius 2 is 1.93 bits per heavy atom. The first-order valence-electron chi connectivity index (χ1n) is 8.93. The lowest BCUT2D eigenvalue weighted by atomic mass is 10.1. The quantitative estimate of drug-likeness (QED) is 0.360. The van der Waals surface area contributed by atoms with Crippen molar-refractivity contribution in [1.82, 2.24) is 9.97 Å². The van der Waals surface area contributed by atoms with E-state index < -0.39 is 0 Å². The maximum atomic E-state index is 11.9. The van der Waals surface area contributed by atoms with Gasteiger partial charge in [-0.1, -0.05) is 43.7 Å². The third-order valence-corrected chi connectivity index (χ3v) is 3.84. The topological polar surface area (TPSA) is 79.4 Å². The van der Waals surface area contributed by atoms with E-state index >= 15 is 0 Å². The van der Waals surface area contributed by atoms with Crippen molar-refractivity contribution in [2.75, 3.05) is 12.0 Å². The molecule has 6 heteroatoms. The summed E-state index contributed by atoms with van der Waals surface area (Å²) in [7, 11) is 0. The first-order valence-corrected chi connectivity index (χ1v) is 8.93. The second kappa shape index (κ2) is 9.33. The van der Waals surface area contributed by atoms with Crippen molar-refractivity contribution in [3.05, 3.63) is 76.6 Å². The first kappa shape index (κ1) is 18.4. The molecule has 0 atom stereocenters. The Kier molecular flexibility index (Phi) is 6.35. The van der Waals surface area contributed by atoms with Crippen molar-refractivity contribution < 1.29 is 4.74 Å². The number of aromatic amines is 1. The third kappa shape index (κ3) is 5.54. The standard InChI is InChI=1S/C21H22N4O2/c1-2-3-13-27-18-11-9-16(10-12-18)15-22-25-21-23-19(14-20(26)24-21)17-7-5-4-6-8-17/h4-12,14-15H,2-3,13H2,1H3,(H2,23,24,25,26)/b22-15+. The molecule has 138 valence electrons. The van der Waals surface area contributed by atoms with Gasteiger partial charge in [-0.3, -0.25) is 9.78 Å². The minimum absolute atomic E-state index is 0.241. The van der Waals surface area contributed by atoms with Gasteiger partial charge in [-0.15, -0.1) is 0 Å². The zero-order valence-corrected chi connectivity index (χ0v) is 15.2. The number of hydrogen-bond donors (Lipinski definition) is 2. The molecule has 0 saturated carbocycles. The summed E-state index contributed by atoms with van der Waals surface area (Å²) in [5.41, 5.74) is 4.90. The molecule has 0 aliphatic carbocycles. The molecule has 0 aliphatic rings. The van der Waals surface area contributed by atoms with Crippen LogP contribution >= 0.6 is 0 Å². The smallest absolute Gasteiger partial charge is 0.252 e. The van der Waals surface area contributed by atoms with E-state index in [0.29, 0.717) is 5.69 Å². The predicted molar refractivity (Wildman–Crippen MR) is 108 cm³/mol. The van der Waals surface area contributed by atoms with Gasteiger partial charge in [0.15, 0.2) is 0 Å². The number of hydrogen-bond acceptors (Lipinski definition) is 5. The van der Waals surface area contributed by atoms with E-state index in [4.69, 9.17) is 4.74 Å². The molecule has 2 aromatic carbocycles. The molecule has 2 N–H and O–H groups in total. The summed E-state index contributed by atoms with van der Waals surface area (Å²) in [4.78, 5) is 18.9. The third-order valence-electron chi connectivity index (χ3n) is 3.84. The normalized spacial score (nSPS) is 10.9. The zero-order chi connectivity index (χ0) is 18.9. The van der Waals surface area contributed by atoms with Crippen LogP contribution in [0, 0.1) is 0 Å². The Hall–Kier alpha value is -3.41. The molecule has 0 saturated heterocycles. The SMILES string of the molecule is CCCCOc1ccc(/C=N/Nc2nc(-c3ccccc3)cc(=O)[nH]2)cc1. The number of hydrazone groups is 1. The molecule has 3 aromatic rings. The molecule has 0 amide bonds. The number of H-pyrrole nitrogens is 1. The van der Waals surface area contributed by atoms with Gasteiger partial charge in [-0.2, -0.15) is 5.10 Å². The number of nitrogens with zero attached hydrogens (tertiary/aromatic N) is 2. The lowest BCUT2D eigenvalue weighted by molar-refractivity contribution is 0.309. The van der Waals surface area contributed by atoms with Crippen LogP contribution in [0.25, 0.3) is 11.3 Å². The summed E-state index contributed by atoms with van der Waals surface area (Å²) in [5, 5.41) is 4.14. The van der Waals surface area contributed by atoms with Crippen molar-refractivity contribution in [1.29, 1.82) is 0 Å². The van der Waals surface area contributed by atoms with Crippen LogP contribution < -0.4 is 15.7 Å². The van der Waals surface area contributed by atoms with E-state index in [1.54, 1.807) is 6.21 Å². The summed E-state index contributed by atoms with van der Waals surface area (Å²) in [6, 6.07) is 18.6. The van der Waals surface area contributed by atoms with Crippen LogP contribution in [0.2, 0.25) is 0 Å². The Labute approximate surface area is 157 Å². The van der Waals surface area contributed by atoms with Crippen molar-refractivity contribution >= 4 is 12.2 Å². The lowest BCUT2D eigenvalue weighted by Crippen LogP contribution is -2.10. The van der Waals surface area contributed by atoms with Gasteiger partial charge in [0.2, 0.25) is 5.95 Å². The van der Waals surface area contributed by atoms with E-state index in [9.17, 15) is 4.79 Å². The van der Waals surface area contributed by atoms with E-state index in [2.05, 4.69) is 27.4 Å². The fourth-order valence-corrected chi connectivity index (χ4v) is 2.42. The zero-order valence-electron chi connectivity index (χ0n) is 15.2. The maximum absolute atomic E-state index is 11.9. The number of rotatable bonds is 8. The molecular weight excluding hydrogens is 340 g/mol. The lowest BCUT2D eigenvalue weighted by Gasteiger charge is -2.05. The summed E-state index contributed by atoms with van der Waals surface area (Å²) >= 11 is 0. The van der Waals surface area contributed by atoms with Gasteiger partial charge in [0.05, 0.1) is 18.5 Å². The van der Waals surface area contributed by atoms with Crippen LogP contribution in [0.3, 0.4) is 0 Å². The molecule has 0 aliphatic heterocycles. The molecule has 1 aromatic heterocycles. The minimum atomic E-state index is -0.241. The Balaban J connectivity index is 1.64. The highest BCUT2D eigenvalue weighted by molar-refractivity contribution is 5.80. The fraction of sp³-hybridized carbons (Fsp3) is 0.190. The van der Waals surface area contributed by atoms with E-state index in [1.165, 1.54) is 6.07 Å². The van der Waals surface area contributed by atoms with Gasteiger partial charge in [0, 0.05) is 11.6 Å². The van der Waals surface area contributed by atoms with Gasteiger partial charge >= 0.3 is 0 Å². The number of nitrogens with one attached hydrogen (secondary N) is 2. The van der Waals surface area contributed by atoms with Gasteiger partial charge in [-0.05, 0) is 36.2 Å². The summed E-state index contributed by atoms with van der Waals surface area (Å²) in [6.07, 6.45) is 3.81. The molecule has 0 bridgehead atoms. The second-order valence-electron chi connectivity index (χ2n) is 5.99. The molecule has 0 unspecified atom stereocenters. The van der Waals surface area contributed by atoms with Crippen molar-refractivity contribution in [2.45, 2.75) is 19.8 Å². The van der Waals surface area contributed by atoms with E-state index in [-0.39, 0.29) is 11.5 Å². The Morgan fingerprint density at radius 3 is 2.67 bits per heavy atom. The Bertz CT molecular complexity index is 934. The van der Waals surface area contributed by atoms with Gasteiger partial charge in [-0.25, -0.2) is 10.4 Å². The van der Waals surface area contributed by atoms with Crippen molar-refractivity contribution in [3.8, 4) is 17.0 Å². The second-order valence-corrected chi connectivity index (χ2v) is 5.99. The predicted octanol–water partition coefficient (Wildman–Crippen LogP) is 4.06. The molecule has 1 heterocycles. The van der Waals surface area contributed by atoms with Gasteiger partial charge in [0.25, 0.3) is 5.56 Å². The maximum Gasteiger partial charge on any atom is 0.252 e. The Morgan fingerprint density at radius 1 is 1.15 bits per heavy atom. The van der Waals surface area contributed by atoms with E-state index in [1.807, 2.05) is 54.6 Å². The average molecular weight is 362 g/mol. The number of unbranched alkanes of at least 4 members (excludes halogenated alkanes) is 1. The molecule has 0 fully saturated rings. The van der Waals surface area contributed by atoms with Crippen LogP contribution in [-0.4, -0.2) is 22.8 Å². The van der Waals surface area contributed by atoms with Gasteiger partial charge < -0.3 is 4.74 Å². The molecule has 0 radical (unpaired) electrons. The van der Waals surface area contributed by atoms with Gasteiger partial charge in [0.1, 0.15) is 5.75 Å². The number of aromatic nitrogens is 2.